The van der Waals surface area contributed by atoms with Gasteiger partial charge in [-0.25, -0.2) is 0 Å². The molecule has 54 heavy (non-hydrogen) atoms. The van der Waals surface area contributed by atoms with Gasteiger partial charge in [0.15, 0.2) is 0 Å². The van der Waals surface area contributed by atoms with Crippen LogP contribution in [0.2, 0.25) is 0 Å². The lowest BCUT2D eigenvalue weighted by Crippen LogP contribution is -2.55. The Balaban J connectivity index is 0.946. The fraction of sp³-hybridized carbons (Fsp3) is 0.192. The highest BCUT2D eigenvalue weighted by Gasteiger charge is 2.61. The van der Waals surface area contributed by atoms with Gasteiger partial charge in [0.1, 0.15) is 11.2 Å². The molecule has 5 aliphatic rings. The van der Waals surface area contributed by atoms with Gasteiger partial charge in [-0.2, -0.15) is 0 Å². The second kappa shape index (κ2) is 10.6. The Morgan fingerprint density at radius 2 is 1.09 bits per heavy atom. The molecule has 0 aliphatic heterocycles. The zero-order valence-corrected chi connectivity index (χ0v) is 30.1. The number of hydrogen-bond donors (Lipinski definition) is 0. The maximum Gasteiger partial charge on any atom is 0.135 e. The van der Waals surface area contributed by atoms with Gasteiger partial charge < -0.3 is 8.98 Å². The van der Waals surface area contributed by atoms with Gasteiger partial charge in [0.05, 0.1) is 11.0 Å². The summed E-state index contributed by atoms with van der Waals surface area (Å²) in [7, 11) is 0. The van der Waals surface area contributed by atoms with Crippen LogP contribution in [0, 0.1) is 23.7 Å². The van der Waals surface area contributed by atoms with Crippen LogP contribution in [-0.4, -0.2) is 4.57 Å². The number of aromatic nitrogens is 1. The second-order valence-corrected chi connectivity index (χ2v) is 16.9. The van der Waals surface area contributed by atoms with Gasteiger partial charge in [0.25, 0.3) is 0 Å². The minimum atomic E-state index is 0.199. The van der Waals surface area contributed by atoms with Gasteiger partial charge in [-0.15, -0.1) is 0 Å². The van der Waals surface area contributed by atoms with E-state index in [0.29, 0.717) is 0 Å². The van der Waals surface area contributed by atoms with Crippen molar-refractivity contribution in [3.05, 3.63) is 163 Å². The molecule has 7 aromatic carbocycles. The van der Waals surface area contributed by atoms with Crippen LogP contribution in [0.15, 0.2) is 156 Å². The molecular formula is C52H39NO. The van der Waals surface area contributed by atoms with Crippen molar-refractivity contribution in [1.29, 1.82) is 0 Å². The van der Waals surface area contributed by atoms with Crippen LogP contribution >= 0.6 is 0 Å². The molecular weight excluding hydrogens is 655 g/mol. The van der Waals surface area contributed by atoms with Crippen LogP contribution in [0.1, 0.15) is 43.2 Å². The topological polar surface area (TPSA) is 18.1 Å². The monoisotopic (exact) mass is 693 g/mol. The summed E-state index contributed by atoms with van der Waals surface area (Å²) in [5.41, 5.74) is 16.9. The van der Waals surface area contributed by atoms with E-state index in [9.17, 15) is 0 Å². The maximum absolute atomic E-state index is 6.12. The van der Waals surface area contributed by atoms with Crippen LogP contribution in [0.4, 0.5) is 0 Å². The lowest BCUT2D eigenvalue weighted by molar-refractivity contribution is -0.0399. The molecule has 0 N–H and O–H groups in total. The fourth-order valence-electron chi connectivity index (χ4n) is 12.6. The standard InChI is InChI=1S/C52H39NO/c1-4-12-45-40(8-1)43-30-35(18-22-46(43)52(45)36-25-31-24-32(27-36)28-37(52)26-31)39-11-7-14-48-51(39)42-10-2-5-13-47(42)53(48)38-20-16-33(17-21-38)34-19-23-50-44(29-34)41-9-3-6-15-49(41)54-50/h1-23,29-32,36-37H,24-28H2. The van der Waals surface area contributed by atoms with Crippen LogP contribution in [-0.2, 0) is 5.41 Å². The highest BCUT2D eigenvalue weighted by atomic mass is 16.3. The highest BCUT2D eigenvalue weighted by Crippen LogP contribution is 2.69. The molecule has 9 aromatic rings. The van der Waals surface area contributed by atoms with Gasteiger partial charge in [-0.3, -0.25) is 0 Å². The molecule has 2 nitrogen and oxygen atoms in total. The predicted octanol–water partition coefficient (Wildman–Crippen LogP) is 13.7. The molecule has 5 aliphatic carbocycles. The SMILES string of the molecule is c1ccc2c(c1)-c1cc(-c3cccc4c3c3ccccc3n4-c3ccc(-c4ccc5oc6ccccc6c5c4)cc3)ccc1C21C2CC3CC(C2)CC1C3. The number of hydrogen-bond acceptors (Lipinski definition) is 1. The first-order valence-electron chi connectivity index (χ1n) is 20.0. The lowest BCUT2D eigenvalue weighted by Gasteiger charge is -2.61. The number of rotatable bonds is 3. The van der Waals surface area contributed by atoms with Crippen LogP contribution < -0.4 is 0 Å². The summed E-state index contributed by atoms with van der Waals surface area (Å²) in [6.07, 6.45) is 7.15. The molecule has 0 radical (unpaired) electrons. The fourth-order valence-corrected chi connectivity index (χ4v) is 12.6. The summed E-state index contributed by atoms with van der Waals surface area (Å²) in [6.45, 7) is 0. The van der Waals surface area contributed by atoms with Crippen molar-refractivity contribution >= 4 is 43.7 Å². The molecule has 258 valence electrons. The Hall–Kier alpha value is -5.86. The Morgan fingerprint density at radius 3 is 1.94 bits per heavy atom. The van der Waals surface area contributed by atoms with Crippen LogP contribution in [0.25, 0.3) is 82.8 Å². The molecule has 4 fully saturated rings. The summed E-state index contributed by atoms with van der Waals surface area (Å²) >= 11 is 0. The van der Waals surface area contributed by atoms with Crippen LogP contribution in [0.3, 0.4) is 0 Å². The summed E-state index contributed by atoms with van der Waals surface area (Å²) in [4.78, 5) is 0. The predicted molar refractivity (Wildman–Crippen MR) is 222 cm³/mol. The summed E-state index contributed by atoms with van der Waals surface area (Å²) in [6, 6.07) is 56.9. The molecule has 0 saturated heterocycles. The van der Waals surface area contributed by atoms with Crippen molar-refractivity contribution in [3.8, 4) is 39.1 Å². The summed E-state index contributed by atoms with van der Waals surface area (Å²) in [5.74, 6) is 3.46. The number of benzene rings is 7. The Morgan fingerprint density at radius 1 is 0.444 bits per heavy atom. The average molecular weight is 694 g/mol. The average Bonchev–Trinajstić information content (AvgIpc) is 3.86. The molecule has 2 heterocycles. The second-order valence-electron chi connectivity index (χ2n) is 16.9. The van der Waals surface area contributed by atoms with Gasteiger partial charge >= 0.3 is 0 Å². The zero-order valence-electron chi connectivity index (χ0n) is 30.1. The van der Waals surface area contributed by atoms with E-state index < -0.39 is 0 Å². The molecule has 0 amide bonds. The van der Waals surface area contributed by atoms with Gasteiger partial charge in [0, 0.05) is 32.6 Å². The van der Waals surface area contributed by atoms with Gasteiger partial charge in [-0.1, -0.05) is 103 Å². The van der Waals surface area contributed by atoms with E-state index in [1.165, 1.54) is 93.0 Å². The number of fused-ring (bicyclic) bond motifs is 9. The van der Waals surface area contributed by atoms with E-state index in [1.54, 1.807) is 11.1 Å². The first kappa shape index (κ1) is 29.6. The molecule has 0 atom stereocenters. The van der Waals surface area contributed by atoms with Crippen molar-refractivity contribution in [2.75, 3.05) is 0 Å². The van der Waals surface area contributed by atoms with E-state index >= 15 is 0 Å². The largest absolute Gasteiger partial charge is 0.456 e. The van der Waals surface area contributed by atoms with E-state index in [0.717, 1.165) is 45.6 Å². The molecule has 2 aromatic heterocycles. The number of nitrogens with zero attached hydrogens (tertiary/aromatic N) is 1. The third-order valence-corrected chi connectivity index (χ3v) is 14.4. The third-order valence-electron chi connectivity index (χ3n) is 14.4. The first-order chi connectivity index (χ1) is 26.7. The smallest absolute Gasteiger partial charge is 0.135 e. The normalized spacial score (nSPS) is 23.6. The number of para-hydroxylation sites is 2. The third kappa shape index (κ3) is 3.81. The minimum Gasteiger partial charge on any atom is -0.456 e. The molecule has 4 saturated carbocycles. The van der Waals surface area contributed by atoms with Gasteiger partial charge in [-0.05, 0) is 149 Å². The molecule has 14 rings (SSSR count). The summed E-state index contributed by atoms with van der Waals surface area (Å²) in [5, 5.41) is 4.94. The highest BCUT2D eigenvalue weighted by molar-refractivity contribution is 6.16. The van der Waals surface area contributed by atoms with Crippen molar-refractivity contribution in [2.45, 2.75) is 37.5 Å². The quantitative estimate of drug-likeness (QED) is 0.180. The van der Waals surface area contributed by atoms with E-state index in [-0.39, 0.29) is 5.41 Å². The Bertz CT molecular complexity index is 2980. The van der Waals surface area contributed by atoms with Crippen molar-refractivity contribution in [2.24, 2.45) is 23.7 Å². The molecule has 4 bridgehead atoms. The van der Waals surface area contributed by atoms with E-state index in [2.05, 4.69) is 144 Å². The first-order valence-corrected chi connectivity index (χ1v) is 20.0. The van der Waals surface area contributed by atoms with E-state index in [1.807, 2.05) is 12.1 Å². The van der Waals surface area contributed by atoms with Crippen molar-refractivity contribution < 1.29 is 4.42 Å². The van der Waals surface area contributed by atoms with Crippen LogP contribution in [0.5, 0.6) is 0 Å². The van der Waals surface area contributed by atoms with E-state index in [4.69, 9.17) is 4.42 Å². The molecule has 2 heteroatoms. The van der Waals surface area contributed by atoms with Crippen molar-refractivity contribution in [1.82, 2.24) is 4.57 Å². The number of furan rings is 1. The Kier molecular flexibility index (Phi) is 5.83. The molecule has 0 unspecified atom stereocenters. The van der Waals surface area contributed by atoms with Crippen molar-refractivity contribution in [3.63, 3.8) is 0 Å². The molecule has 1 spiro atoms. The zero-order chi connectivity index (χ0) is 35.1. The minimum absolute atomic E-state index is 0.199. The maximum atomic E-state index is 6.12. The lowest BCUT2D eigenvalue weighted by atomic mass is 9.43. The Labute approximate surface area is 314 Å². The summed E-state index contributed by atoms with van der Waals surface area (Å²) < 4.78 is 8.57. The van der Waals surface area contributed by atoms with Gasteiger partial charge in [0.2, 0.25) is 0 Å².